The van der Waals surface area contributed by atoms with Gasteiger partial charge in [0.1, 0.15) is 5.01 Å². The van der Waals surface area contributed by atoms with Crippen LogP contribution < -0.4 is 10.6 Å². The quantitative estimate of drug-likeness (QED) is 0.740. The van der Waals surface area contributed by atoms with E-state index >= 15 is 0 Å². The van der Waals surface area contributed by atoms with Crippen LogP contribution in [-0.2, 0) is 11.2 Å². The van der Waals surface area contributed by atoms with Gasteiger partial charge >= 0.3 is 0 Å². The van der Waals surface area contributed by atoms with E-state index in [1.165, 1.54) is 9.88 Å². The molecule has 1 saturated heterocycles. The molecule has 0 spiro atoms. The first-order valence-corrected chi connectivity index (χ1v) is 7.47. The average molecular weight is 269 g/mol. The Labute approximate surface area is 113 Å². The molecule has 1 aliphatic rings. The van der Waals surface area contributed by atoms with E-state index in [9.17, 15) is 0 Å². The van der Waals surface area contributed by atoms with Crippen molar-refractivity contribution in [2.24, 2.45) is 0 Å². The fourth-order valence-electron chi connectivity index (χ4n) is 1.93. The van der Waals surface area contributed by atoms with Crippen LogP contribution in [0.25, 0.3) is 0 Å². The normalized spacial score (nSPS) is 19.5. The molecule has 1 unspecified atom stereocenters. The van der Waals surface area contributed by atoms with Crippen LogP contribution in [0.5, 0.6) is 0 Å². The largest absolute Gasteiger partial charge is 0.371 e. The van der Waals surface area contributed by atoms with Gasteiger partial charge in [-0.2, -0.15) is 0 Å². The van der Waals surface area contributed by atoms with E-state index < -0.39 is 0 Å². The highest BCUT2D eigenvalue weighted by atomic mass is 32.1. The van der Waals surface area contributed by atoms with E-state index in [-0.39, 0.29) is 5.60 Å². The van der Waals surface area contributed by atoms with Crippen molar-refractivity contribution in [1.29, 1.82) is 0 Å². The van der Waals surface area contributed by atoms with E-state index in [4.69, 9.17) is 4.74 Å². The summed E-state index contributed by atoms with van der Waals surface area (Å²) in [6.07, 6.45) is 3.05. The zero-order valence-electron chi connectivity index (χ0n) is 11.5. The number of aromatic nitrogens is 1. The summed E-state index contributed by atoms with van der Waals surface area (Å²) in [5.41, 5.74) is 0.0570. The zero-order valence-corrected chi connectivity index (χ0v) is 12.3. The third kappa shape index (κ3) is 3.51. The Hall–Kier alpha value is -0.490. The lowest BCUT2D eigenvalue weighted by molar-refractivity contribution is -0.0652. The van der Waals surface area contributed by atoms with Crippen molar-refractivity contribution >= 4 is 11.3 Å². The third-order valence-electron chi connectivity index (χ3n) is 3.29. The van der Waals surface area contributed by atoms with Gasteiger partial charge < -0.3 is 15.4 Å². The molecule has 0 bridgehead atoms. The Morgan fingerprint density at radius 2 is 2.39 bits per heavy atom. The zero-order chi connectivity index (χ0) is 13.0. The Morgan fingerprint density at radius 1 is 1.61 bits per heavy atom. The molecule has 102 valence electrons. The van der Waals surface area contributed by atoms with E-state index in [2.05, 4.69) is 36.4 Å². The SMILES string of the molecule is CCc1cnc(C(C)NCCOC2(C)CNC2)s1. The van der Waals surface area contributed by atoms with Crippen molar-refractivity contribution in [1.82, 2.24) is 15.6 Å². The average Bonchev–Trinajstić information content (AvgIpc) is 2.81. The number of rotatable bonds is 7. The summed E-state index contributed by atoms with van der Waals surface area (Å²) in [6.45, 7) is 10.0. The molecule has 2 heterocycles. The number of nitrogens with zero attached hydrogens (tertiary/aromatic N) is 1. The lowest BCUT2D eigenvalue weighted by atomic mass is 10.0. The fourth-order valence-corrected chi connectivity index (χ4v) is 2.81. The Morgan fingerprint density at radius 3 is 2.94 bits per heavy atom. The van der Waals surface area contributed by atoms with Crippen molar-refractivity contribution < 1.29 is 4.74 Å². The molecule has 0 radical (unpaired) electrons. The fraction of sp³-hybridized carbons (Fsp3) is 0.769. The molecule has 2 rings (SSSR count). The van der Waals surface area contributed by atoms with Gasteiger partial charge in [-0.25, -0.2) is 4.98 Å². The summed E-state index contributed by atoms with van der Waals surface area (Å²) < 4.78 is 5.84. The molecule has 4 nitrogen and oxygen atoms in total. The van der Waals surface area contributed by atoms with E-state index in [0.717, 1.165) is 32.7 Å². The van der Waals surface area contributed by atoms with Gasteiger partial charge in [0, 0.05) is 30.7 Å². The van der Waals surface area contributed by atoms with Crippen LogP contribution in [0.1, 0.15) is 36.7 Å². The maximum atomic E-state index is 5.84. The van der Waals surface area contributed by atoms with Gasteiger partial charge in [0.15, 0.2) is 0 Å². The van der Waals surface area contributed by atoms with Gasteiger partial charge in [-0.1, -0.05) is 6.92 Å². The predicted octanol–water partition coefficient (Wildman–Crippen LogP) is 1.73. The molecule has 5 heteroatoms. The number of hydrogen-bond donors (Lipinski definition) is 2. The van der Waals surface area contributed by atoms with Crippen LogP contribution in [0.2, 0.25) is 0 Å². The predicted molar refractivity (Wildman–Crippen MR) is 75.1 cm³/mol. The van der Waals surface area contributed by atoms with Gasteiger partial charge in [0.2, 0.25) is 0 Å². The lowest BCUT2D eigenvalue weighted by Crippen LogP contribution is -2.59. The molecule has 1 fully saturated rings. The number of ether oxygens (including phenoxy) is 1. The number of nitrogens with one attached hydrogen (secondary N) is 2. The highest BCUT2D eigenvalue weighted by molar-refractivity contribution is 7.11. The first-order chi connectivity index (χ1) is 8.63. The van der Waals surface area contributed by atoms with Crippen LogP contribution in [0.3, 0.4) is 0 Å². The first-order valence-electron chi connectivity index (χ1n) is 6.65. The third-order valence-corrected chi connectivity index (χ3v) is 4.62. The summed E-state index contributed by atoms with van der Waals surface area (Å²) in [4.78, 5) is 5.80. The summed E-state index contributed by atoms with van der Waals surface area (Å²) in [7, 11) is 0. The highest BCUT2D eigenvalue weighted by Crippen LogP contribution is 2.20. The molecule has 2 N–H and O–H groups in total. The number of aryl methyl sites for hydroxylation is 1. The van der Waals surface area contributed by atoms with Crippen LogP contribution in [-0.4, -0.2) is 36.8 Å². The highest BCUT2D eigenvalue weighted by Gasteiger charge is 2.32. The van der Waals surface area contributed by atoms with Gasteiger partial charge in [-0.05, 0) is 20.3 Å². The minimum absolute atomic E-state index is 0.0570. The van der Waals surface area contributed by atoms with Gasteiger partial charge in [0.05, 0.1) is 18.2 Å². The summed E-state index contributed by atoms with van der Waals surface area (Å²) in [5, 5.41) is 7.86. The topological polar surface area (TPSA) is 46.2 Å². The molecule has 1 aromatic rings. The Bertz CT molecular complexity index is 376. The molecule has 1 aromatic heterocycles. The maximum Gasteiger partial charge on any atom is 0.109 e. The second kappa shape index (κ2) is 6.10. The Kier molecular flexibility index (Phi) is 4.72. The smallest absolute Gasteiger partial charge is 0.109 e. The van der Waals surface area contributed by atoms with Gasteiger partial charge in [-0.15, -0.1) is 11.3 Å². The summed E-state index contributed by atoms with van der Waals surface area (Å²) in [6, 6.07) is 0.311. The van der Waals surface area contributed by atoms with Crippen molar-refractivity contribution in [3.05, 3.63) is 16.1 Å². The van der Waals surface area contributed by atoms with Crippen LogP contribution in [0.4, 0.5) is 0 Å². The van der Waals surface area contributed by atoms with E-state index in [0.29, 0.717) is 6.04 Å². The lowest BCUT2D eigenvalue weighted by Gasteiger charge is -2.39. The van der Waals surface area contributed by atoms with Crippen LogP contribution in [0, 0.1) is 0 Å². The molecular weight excluding hydrogens is 246 g/mol. The minimum atomic E-state index is 0.0570. The first kappa shape index (κ1) is 13.9. The van der Waals surface area contributed by atoms with E-state index in [1.54, 1.807) is 11.3 Å². The van der Waals surface area contributed by atoms with E-state index in [1.807, 2.05) is 6.20 Å². The summed E-state index contributed by atoms with van der Waals surface area (Å²) in [5.74, 6) is 0. The molecule has 18 heavy (non-hydrogen) atoms. The van der Waals surface area contributed by atoms with Crippen LogP contribution in [0.15, 0.2) is 6.20 Å². The minimum Gasteiger partial charge on any atom is -0.371 e. The maximum absolute atomic E-state index is 5.84. The van der Waals surface area contributed by atoms with Crippen molar-refractivity contribution in [3.8, 4) is 0 Å². The molecule has 0 amide bonds. The number of hydrogen-bond acceptors (Lipinski definition) is 5. The second-order valence-electron chi connectivity index (χ2n) is 5.10. The standard InChI is InChI=1S/C13H23N3OS/c1-4-11-7-16-12(18-11)10(2)15-5-6-17-13(3)8-14-9-13/h7,10,14-15H,4-6,8-9H2,1-3H3. The number of thiazole rings is 1. The monoisotopic (exact) mass is 269 g/mol. The molecule has 1 aliphatic heterocycles. The van der Waals surface area contributed by atoms with Crippen LogP contribution >= 0.6 is 11.3 Å². The van der Waals surface area contributed by atoms with Crippen molar-refractivity contribution in [2.75, 3.05) is 26.2 Å². The Balaban J connectivity index is 1.66. The van der Waals surface area contributed by atoms with Crippen molar-refractivity contribution in [3.63, 3.8) is 0 Å². The molecule has 0 aromatic carbocycles. The molecule has 1 atom stereocenters. The summed E-state index contributed by atoms with van der Waals surface area (Å²) >= 11 is 1.80. The second-order valence-corrected chi connectivity index (χ2v) is 6.24. The molecule has 0 aliphatic carbocycles. The van der Waals surface area contributed by atoms with Gasteiger partial charge in [0.25, 0.3) is 0 Å². The van der Waals surface area contributed by atoms with Gasteiger partial charge in [-0.3, -0.25) is 0 Å². The molecule has 0 saturated carbocycles. The van der Waals surface area contributed by atoms with Crippen molar-refractivity contribution in [2.45, 2.75) is 38.8 Å². The molecular formula is C13H23N3OS.